The lowest BCUT2D eigenvalue weighted by molar-refractivity contribution is -0.147. The van der Waals surface area contributed by atoms with Crippen molar-refractivity contribution < 1.29 is 9.90 Å². The number of benzene rings is 2. The molecule has 0 saturated carbocycles. The van der Waals surface area contributed by atoms with E-state index in [1.165, 1.54) is 27.9 Å². The molecule has 6 heteroatoms. The molecule has 3 heterocycles. The first-order valence-corrected chi connectivity index (χ1v) is 15.5. The summed E-state index contributed by atoms with van der Waals surface area (Å²) in [6.07, 6.45) is 5.56. The van der Waals surface area contributed by atoms with Crippen molar-refractivity contribution in [2.75, 3.05) is 32.7 Å². The minimum absolute atomic E-state index is 0.321. The maximum absolute atomic E-state index is 12.4. The summed E-state index contributed by atoms with van der Waals surface area (Å²) in [7, 11) is 0. The van der Waals surface area contributed by atoms with Crippen LogP contribution in [-0.2, 0) is 17.8 Å². The number of carbonyl (C=O) groups is 1. The Bertz CT molecular complexity index is 1300. The molecular formula is C35H48N4O2. The second kappa shape index (κ2) is 12.5. The van der Waals surface area contributed by atoms with Gasteiger partial charge in [0.05, 0.1) is 12.2 Å². The molecule has 1 aromatic heterocycles. The molecule has 3 aromatic rings. The molecule has 0 aliphatic carbocycles. The fraction of sp³-hybridized carbons (Fsp3) is 0.543. The summed E-state index contributed by atoms with van der Waals surface area (Å²) in [4.78, 5) is 17.3. The number of carboxylic acid groups (broad SMARTS) is 1. The summed E-state index contributed by atoms with van der Waals surface area (Å²) in [5, 5.41) is 15.1. The Balaban J connectivity index is 1.27. The molecule has 5 rings (SSSR count). The van der Waals surface area contributed by atoms with Crippen LogP contribution in [0.25, 0.3) is 0 Å². The molecule has 2 aliphatic rings. The van der Waals surface area contributed by atoms with E-state index in [0.29, 0.717) is 17.8 Å². The van der Waals surface area contributed by atoms with Gasteiger partial charge in [0.1, 0.15) is 6.04 Å². The lowest BCUT2D eigenvalue weighted by atomic mass is 9.85. The molecule has 0 amide bonds. The number of carboxylic acids is 1. The van der Waals surface area contributed by atoms with E-state index in [1.54, 1.807) is 0 Å². The number of likely N-dealkylation sites (tertiary alicyclic amines) is 2. The van der Waals surface area contributed by atoms with Gasteiger partial charge in [0.2, 0.25) is 0 Å². The molecule has 220 valence electrons. The average Bonchev–Trinajstić information content (AvgIpc) is 3.52. The standard InChI is InChI=1S/C35H48N4O2/c1-6-32-31(24-39(36-32)20-26-12-8-7-9-13-26)27-15-17-37(18-16-27)21-29-22-38(33(34(40)41)35(3,4)5)23-30(29)28-14-10-11-25(2)19-28/h7-14,19,24,27,29-30,33H,6,15-18,20-23H2,1-5H3,(H,40,41)/t29-,30+,33-/m0/s1. The van der Waals surface area contributed by atoms with Gasteiger partial charge in [-0.15, -0.1) is 0 Å². The largest absolute Gasteiger partial charge is 0.480 e. The van der Waals surface area contributed by atoms with Crippen LogP contribution in [0.5, 0.6) is 0 Å². The number of aliphatic carboxylic acids is 1. The van der Waals surface area contributed by atoms with Crippen molar-refractivity contribution in [1.29, 1.82) is 0 Å². The van der Waals surface area contributed by atoms with Gasteiger partial charge in [0.25, 0.3) is 0 Å². The predicted molar refractivity (Wildman–Crippen MR) is 165 cm³/mol. The molecule has 0 bridgehead atoms. The van der Waals surface area contributed by atoms with E-state index in [0.717, 1.165) is 58.5 Å². The minimum Gasteiger partial charge on any atom is -0.480 e. The number of rotatable bonds is 9. The highest BCUT2D eigenvalue weighted by Crippen LogP contribution is 2.39. The van der Waals surface area contributed by atoms with Gasteiger partial charge in [-0.25, -0.2) is 0 Å². The van der Waals surface area contributed by atoms with E-state index in [2.05, 4.69) is 110 Å². The van der Waals surface area contributed by atoms with Crippen molar-refractivity contribution in [3.05, 3.63) is 88.7 Å². The van der Waals surface area contributed by atoms with Gasteiger partial charge in [-0.05, 0) is 73.2 Å². The molecule has 2 fully saturated rings. The average molecular weight is 557 g/mol. The van der Waals surface area contributed by atoms with Crippen molar-refractivity contribution in [2.45, 2.75) is 78.3 Å². The number of nitrogens with zero attached hydrogens (tertiary/aromatic N) is 4. The number of aromatic nitrogens is 2. The monoisotopic (exact) mass is 556 g/mol. The molecule has 3 atom stereocenters. The number of aryl methyl sites for hydroxylation is 2. The van der Waals surface area contributed by atoms with Crippen molar-refractivity contribution in [3.8, 4) is 0 Å². The quantitative estimate of drug-likeness (QED) is 0.340. The smallest absolute Gasteiger partial charge is 0.321 e. The molecule has 0 spiro atoms. The van der Waals surface area contributed by atoms with Gasteiger partial charge in [-0.3, -0.25) is 14.4 Å². The first kappa shape index (κ1) is 29.5. The Hall–Kier alpha value is -2.96. The molecule has 2 aliphatic heterocycles. The third-order valence-corrected chi connectivity index (χ3v) is 9.27. The zero-order valence-corrected chi connectivity index (χ0v) is 25.6. The number of hydrogen-bond donors (Lipinski definition) is 1. The van der Waals surface area contributed by atoms with E-state index >= 15 is 0 Å². The van der Waals surface area contributed by atoms with Crippen LogP contribution in [0.4, 0.5) is 0 Å². The Kier molecular flexibility index (Phi) is 9.00. The molecule has 1 N–H and O–H groups in total. The molecule has 41 heavy (non-hydrogen) atoms. The van der Waals surface area contributed by atoms with Gasteiger partial charge in [0, 0.05) is 31.7 Å². The zero-order valence-electron chi connectivity index (χ0n) is 25.6. The molecule has 0 unspecified atom stereocenters. The number of hydrogen-bond acceptors (Lipinski definition) is 4. The van der Waals surface area contributed by atoms with Gasteiger partial charge >= 0.3 is 5.97 Å². The Morgan fingerprint density at radius 3 is 2.41 bits per heavy atom. The van der Waals surface area contributed by atoms with Crippen LogP contribution in [0.3, 0.4) is 0 Å². The van der Waals surface area contributed by atoms with Crippen LogP contribution in [-0.4, -0.2) is 69.4 Å². The third-order valence-electron chi connectivity index (χ3n) is 9.27. The second-order valence-electron chi connectivity index (χ2n) is 13.5. The van der Waals surface area contributed by atoms with Crippen LogP contribution in [0.15, 0.2) is 60.8 Å². The van der Waals surface area contributed by atoms with Crippen LogP contribution in [0.1, 0.15) is 80.3 Å². The highest BCUT2D eigenvalue weighted by Gasteiger charge is 2.44. The van der Waals surface area contributed by atoms with Crippen LogP contribution >= 0.6 is 0 Å². The lowest BCUT2D eigenvalue weighted by Gasteiger charge is -2.36. The van der Waals surface area contributed by atoms with Crippen molar-refractivity contribution in [2.24, 2.45) is 11.3 Å². The van der Waals surface area contributed by atoms with Crippen LogP contribution in [0, 0.1) is 18.3 Å². The Morgan fingerprint density at radius 1 is 1.05 bits per heavy atom. The Morgan fingerprint density at radius 2 is 1.78 bits per heavy atom. The van der Waals surface area contributed by atoms with Crippen molar-refractivity contribution >= 4 is 5.97 Å². The van der Waals surface area contributed by atoms with Gasteiger partial charge in [0.15, 0.2) is 0 Å². The molecule has 2 aromatic carbocycles. The Labute approximate surface area is 246 Å². The topological polar surface area (TPSA) is 61.6 Å². The maximum atomic E-state index is 12.4. The third kappa shape index (κ3) is 6.92. The first-order chi connectivity index (χ1) is 19.6. The number of piperidine rings is 1. The maximum Gasteiger partial charge on any atom is 0.321 e. The lowest BCUT2D eigenvalue weighted by Crippen LogP contribution is -2.48. The van der Waals surface area contributed by atoms with Gasteiger partial charge < -0.3 is 10.0 Å². The molecular weight excluding hydrogens is 508 g/mol. The van der Waals surface area contributed by atoms with Gasteiger partial charge in [-0.2, -0.15) is 5.10 Å². The second-order valence-corrected chi connectivity index (χ2v) is 13.5. The highest BCUT2D eigenvalue weighted by atomic mass is 16.4. The molecule has 0 radical (unpaired) electrons. The predicted octanol–water partition coefficient (Wildman–Crippen LogP) is 6.20. The fourth-order valence-electron chi connectivity index (χ4n) is 7.36. The van der Waals surface area contributed by atoms with E-state index in [1.807, 2.05) is 0 Å². The first-order valence-electron chi connectivity index (χ1n) is 15.5. The summed E-state index contributed by atoms with van der Waals surface area (Å²) in [6.45, 7) is 16.2. The van der Waals surface area contributed by atoms with Crippen LogP contribution < -0.4 is 0 Å². The summed E-state index contributed by atoms with van der Waals surface area (Å²) >= 11 is 0. The highest BCUT2D eigenvalue weighted by molar-refractivity contribution is 5.74. The van der Waals surface area contributed by atoms with E-state index in [-0.39, 0.29) is 5.41 Å². The summed E-state index contributed by atoms with van der Waals surface area (Å²) in [5.74, 6) is 0.606. The summed E-state index contributed by atoms with van der Waals surface area (Å²) < 4.78 is 2.13. The zero-order chi connectivity index (χ0) is 29.1. The van der Waals surface area contributed by atoms with Crippen molar-refractivity contribution in [3.63, 3.8) is 0 Å². The normalized spacial score (nSPS) is 21.8. The van der Waals surface area contributed by atoms with E-state index in [9.17, 15) is 9.90 Å². The fourth-order valence-corrected chi connectivity index (χ4v) is 7.36. The van der Waals surface area contributed by atoms with E-state index in [4.69, 9.17) is 5.10 Å². The van der Waals surface area contributed by atoms with Gasteiger partial charge in [-0.1, -0.05) is 87.9 Å². The van der Waals surface area contributed by atoms with E-state index < -0.39 is 12.0 Å². The molecule has 2 saturated heterocycles. The SMILES string of the molecule is CCc1nn(Cc2ccccc2)cc1C1CCN(C[C@H]2CN([C@@H](C(=O)O)C(C)(C)C)C[C@@H]2c2cccc(C)c2)CC1. The summed E-state index contributed by atoms with van der Waals surface area (Å²) in [5.41, 5.74) is 6.26. The van der Waals surface area contributed by atoms with Crippen molar-refractivity contribution in [1.82, 2.24) is 19.6 Å². The summed E-state index contributed by atoms with van der Waals surface area (Å²) in [6, 6.07) is 18.9. The minimum atomic E-state index is -0.707. The molecule has 6 nitrogen and oxygen atoms in total. The van der Waals surface area contributed by atoms with Crippen LogP contribution in [0.2, 0.25) is 0 Å².